The Hall–Kier alpha value is -1.76. The minimum atomic E-state index is -0.455. The van der Waals surface area contributed by atoms with E-state index in [1.807, 2.05) is 0 Å². The highest BCUT2D eigenvalue weighted by Gasteiger charge is 2.53. The summed E-state index contributed by atoms with van der Waals surface area (Å²) in [6.07, 6.45) is 25.3. The fourth-order valence-electron chi connectivity index (χ4n) is 6.44. The van der Waals surface area contributed by atoms with Crippen molar-refractivity contribution in [3.05, 3.63) is 0 Å². The van der Waals surface area contributed by atoms with Gasteiger partial charge in [0.2, 0.25) is 0 Å². The third-order valence-corrected chi connectivity index (χ3v) is 9.15. The molecule has 7 heteroatoms. The van der Waals surface area contributed by atoms with Gasteiger partial charge < -0.3 is 0 Å². The number of carbonyl (C=O) groups is 2. The summed E-state index contributed by atoms with van der Waals surface area (Å²) in [5.74, 6) is 1.43. The highest BCUT2D eigenvalue weighted by molar-refractivity contribution is 6.23. The standard InChI is InChI=1S/C32H58N5O2/c1-5-6-7-8-9-10-11-12-13-14-15-16-17-18-19-21-25-37-28(26-36-24-22-20-23-27(36)2)33-30-29(37)31(38)35(4)32(39)34(30)3/h27,29H,5-26H2,1-4H3/q+1. The third-order valence-electron chi connectivity index (χ3n) is 9.15. The summed E-state index contributed by atoms with van der Waals surface area (Å²) in [5, 5.41) is 0. The average Bonchev–Trinajstić information content (AvgIpc) is 3.29. The highest BCUT2D eigenvalue weighted by Crippen LogP contribution is 2.22. The molecule has 0 radical (unpaired) electrons. The molecule has 2 unspecified atom stereocenters. The van der Waals surface area contributed by atoms with Crippen LogP contribution in [0.1, 0.15) is 136 Å². The summed E-state index contributed by atoms with van der Waals surface area (Å²) >= 11 is 0. The van der Waals surface area contributed by atoms with Crippen LogP contribution < -0.4 is 0 Å². The van der Waals surface area contributed by atoms with Crippen molar-refractivity contribution < 1.29 is 14.2 Å². The molecule has 0 aliphatic carbocycles. The van der Waals surface area contributed by atoms with Crippen molar-refractivity contribution in [3.8, 4) is 0 Å². The van der Waals surface area contributed by atoms with Crippen molar-refractivity contribution in [3.63, 3.8) is 0 Å². The first-order chi connectivity index (χ1) is 19.0. The van der Waals surface area contributed by atoms with Crippen molar-refractivity contribution in [2.75, 3.05) is 33.7 Å². The fourth-order valence-corrected chi connectivity index (χ4v) is 6.44. The number of aliphatic imine (C=N–C) groups is 1. The van der Waals surface area contributed by atoms with E-state index in [-0.39, 0.29) is 11.9 Å². The number of carbonyl (C=O) groups excluding carboxylic acids is 2. The molecule has 39 heavy (non-hydrogen) atoms. The van der Waals surface area contributed by atoms with Crippen molar-refractivity contribution in [1.82, 2.24) is 14.7 Å². The van der Waals surface area contributed by atoms with Crippen LogP contribution in [0.3, 0.4) is 0 Å². The normalized spacial score (nSPS) is 22.2. The molecule has 3 aliphatic heterocycles. The van der Waals surface area contributed by atoms with Gasteiger partial charge in [0.1, 0.15) is 6.54 Å². The number of rotatable bonds is 19. The van der Waals surface area contributed by atoms with Gasteiger partial charge >= 0.3 is 11.9 Å². The Labute approximate surface area is 239 Å². The van der Waals surface area contributed by atoms with Crippen LogP contribution in [0.4, 0.5) is 4.79 Å². The number of piperidine rings is 1. The lowest BCUT2D eigenvalue weighted by Gasteiger charge is -2.32. The summed E-state index contributed by atoms with van der Waals surface area (Å²) in [6, 6.07) is -0.210. The number of hydrogen-bond donors (Lipinski definition) is 0. The van der Waals surface area contributed by atoms with Gasteiger partial charge in [-0.1, -0.05) is 103 Å². The van der Waals surface area contributed by atoms with Gasteiger partial charge in [0, 0.05) is 20.1 Å². The van der Waals surface area contributed by atoms with E-state index in [4.69, 9.17) is 4.99 Å². The van der Waals surface area contributed by atoms with Gasteiger partial charge in [-0.05, 0) is 44.1 Å². The molecule has 3 rings (SSSR count). The minimum absolute atomic E-state index is 0.143. The summed E-state index contributed by atoms with van der Waals surface area (Å²) in [4.78, 5) is 36.0. The molecule has 3 aliphatic rings. The van der Waals surface area contributed by atoms with Crippen molar-refractivity contribution in [2.45, 2.75) is 148 Å². The first kappa shape index (κ1) is 31.8. The Bertz CT molecular complexity index is 838. The maximum atomic E-state index is 13.2. The smallest absolute Gasteiger partial charge is 0.289 e. The van der Waals surface area contributed by atoms with Gasteiger partial charge in [0.25, 0.3) is 17.8 Å². The summed E-state index contributed by atoms with van der Waals surface area (Å²) in [5.41, 5.74) is 0. The van der Waals surface area contributed by atoms with Crippen LogP contribution in [0.5, 0.6) is 0 Å². The lowest BCUT2D eigenvalue weighted by atomic mass is 10.0. The zero-order valence-electron chi connectivity index (χ0n) is 25.8. The second-order valence-electron chi connectivity index (χ2n) is 12.3. The van der Waals surface area contributed by atoms with E-state index in [2.05, 4.69) is 23.3 Å². The molecule has 0 N–H and O–H groups in total. The maximum Gasteiger partial charge on any atom is 0.333 e. The predicted octanol–water partition coefficient (Wildman–Crippen LogP) is 6.84. The SMILES string of the molecule is CCCCCCCCCCCCCCCCCC[N+]1=C(CN2CCCCC2C)N=C2C1C(=O)N(C)C(=O)N2C. The molecule has 0 saturated carbocycles. The second kappa shape index (κ2) is 17.1. The van der Waals surface area contributed by atoms with Gasteiger partial charge in [0.05, 0.1) is 6.54 Å². The number of likely N-dealkylation sites (tertiary alicyclic amines) is 1. The number of amides is 3. The first-order valence-electron chi connectivity index (χ1n) is 16.5. The van der Waals surface area contributed by atoms with Gasteiger partial charge in [-0.15, -0.1) is 0 Å². The van der Waals surface area contributed by atoms with E-state index in [0.717, 1.165) is 31.9 Å². The number of fused-ring (bicyclic) bond motifs is 1. The molecule has 222 valence electrons. The van der Waals surface area contributed by atoms with Crippen molar-refractivity contribution in [1.29, 1.82) is 0 Å². The number of likely N-dealkylation sites (N-methyl/N-ethyl adjacent to an activating group) is 2. The molecule has 2 fully saturated rings. The predicted molar refractivity (Wildman–Crippen MR) is 162 cm³/mol. The summed E-state index contributed by atoms with van der Waals surface area (Å²) in [6.45, 7) is 7.25. The van der Waals surface area contributed by atoms with E-state index in [1.165, 1.54) is 120 Å². The number of imide groups is 1. The van der Waals surface area contributed by atoms with Crippen LogP contribution in [-0.4, -0.2) is 88.7 Å². The van der Waals surface area contributed by atoms with Crippen LogP contribution in [0.25, 0.3) is 0 Å². The van der Waals surface area contributed by atoms with E-state index >= 15 is 0 Å². The van der Waals surface area contributed by atoms with E-state index in [9.17, 15) is 9.59 Å². The molecular formula is C32H58N5O2+. The Balaban J connectivity index is 1.37. The molecule has 3 heterocycles. The Morgan fingerprint density at radius 1 is 0.769 bits per heavy atom. The highest BCUT2D eigenvalue weighted by atomic mass is 16.2. The number of nitrogens with zero attached hydrogens (tertiary/aromatic N) is 5. The van der Waals surface area contributed by atoms with Crippen LogP contribution in [-0.2, 0) is 4.79 Å². The average molecular weight is 545 g/mol. The van der Waals surface area contributed by atoms with Gasteiger partial charge in [-0.2, -0.15) is 0 Å². The minimum Gasteiger partial charge on any atom is -0.289 e. The molecule has 0 bridgehead atoms. The molecule has 2 saturated heterocycles. The maximum absolute atomic E-state index is 13.2. The Kier molecular flexibility index (Phi) is 14.0. The number of urea groups is 1. The van der Waals surface area contributed by atoms with Crippen molar-refractivity contribution >= 4 is 23.6 Å². The lowest BCUT2D eigenvalue weighted by molar-refractivity contribution is -0.537. The van der Waals surface area contributed by atoms with Gasteiger partial charge in [0.15, 0.2) is 0 Å². The quantitative estimate of drug-likeness (QED) is 0.132. The second-order valence-corrected chi connectivity index (χ2v) is 12.3. The largest absolute Gasteiger partial charge is 0.333 e. The molecule has 2 atom stereocenters. The monoisotopic (exact) mass is 544 g/mol. The molecular weight excluding hydrogens is 486 g/mol. The number of amidine groups is 2. The topological polar surface area (TPSA) is 59.2 Å². The molecule has 0 aromatic heterocycles. The fraction of sp³-hybridized carbons (Fsp3) is 0.875. The van der Waals surface area contributed by atoms with Crippen LogP contribution in [0.15, 0.2) is 4.99 Å². The Morgan fingerprint density at radius 3 is 1.85 bits per heavy atom. The van der Waals surface area contributed by atoms with Gasteiger partial charge in [-0.25, -0.2) is 9.37 Å². The van der Waals surface area contributed by atoms with Crippen LogP contribution in [0.2, 0.25) is 0 Å². The summed E-state index contributed by atoms with van der Waals surface area (Å²) < 4.78 is 2.21. The molecule has 0 aromatic rings. The van der Waals surface area contributed by atoms with E-state index < -0.39 is 6.04 Å². The van der Waals surface area contributed by atoms with E-state index in [1.54, 1.807) is 19.0 Å². The molecule has 3 amide bonds. The number of unbranched alkanes of at least 4 members (excludes halogenated alkanes) is 15. The first-order valence-corrected chi connectivity index (χ1v) is 16.5. The zero-order valence-corrected chi connectivity index (χ0v) is 25.8. The lowest BCUT2D eigenvalue weighted by Crippen LogP contribution is -2.61. The number of hydrogen-bond acceptors (Lipinski definition) is 4. The van der Waals surface area contributed by atoms with E-state index in [0.29, 0.717) is 11.9 Å². The Morgan fingerprint density at radius 2 is 1.31 bits per heavy atom. The molecule has 7 nitrogen and oxygen atoms in total. The third kappa shape index (κ3) is 9.40. The van der Waals surface area contributed by atoms with Crippen LogP contribution in [0, 0.1) is 0 Å². The molecule has 0 aromatic carbocycles. The summed E-state index contributed by atoms with van der Waals surface area (Å²) in [7, 11) is 3.34. The van der Waals surface area contributed by atoms with Gasteiger partial charge in [-0.3, -0.25) is 19.5 Å². The molecule has 0 spiro atoms. The van der Waals surface area contributed by atoms with Crippen molar-refractivity contribution in [2.24, 2.45) is 4.99 Å². The van der Waals surface area contributed by atoms with Crippen LogP contribution >= 0.6 is 0 Å². The zero-order chi connectivity index (χ0) is 28.0.